The van der Waals surface area contributed by atoms with Gasteiger partial charge in [0.2, 0.25) is 5.12 Å². The van der Waals surface area contributed by atoms with Crippen molar-refractivity contribution in [1.29, 1.82) is 0 Å². The molecule has 1 rings (SSSR count). The molecule has 78 valence electrons. The summed E-state index contributed by atoms with van der Waals surface area (Å²) in [6.07, 6.45) is 5.54. The molecule has 0 saturated heterocycles. The van der Waals surface area contributed by atoms with Gasteiger partial charge < -0.3 is 5.11 Å². The standard InChI is InChI=1S/C11H16O2S/c1-3-4-5-6-7-9-10(12)8(2)14-11(9)13/h3,8,12H,1,4-7H2,2H3/t8-/m0/s1. The van der Waals surface area contributed by atoms with E-state index in [-0.39, 0.29) is 10.4 Å². The molecule has 0 amide bonds. The highest BCUT2D eigenvalue weighted by molar-refractivity contribution is 8.15. The van der Waals surface area contributed by atoms with E-state index in [0.29, 0.717) is 17.8 Å². The summed E-state index contributed by atoms with van der Waals surface area (Å²) in [5.74, 6) is 0.290. The Hall–Kier alpha value is -0.700. The van der Waals surface area contributed by atoms with Crippen molar-refractivity contribution in [3.63, 3.8) is 0 Å². The molecule has 0 unspecified atom stereocenters. The first kappa shape index (κ1) is 11.4. The van der Waals surface area contributed by atoms with Gasteiger partial charge in [-0.15, -0.1) is 6.58 Å². The Bertz CT molecular complexity index is 268. The van der Waals surface area contributed by atoms with Crippen LogP contribution in [-0.4, -0.2) is 15.5 Å². The van der Waals surface area contributed by atoms with Crippen molar-refractivity contribution in [2.24, 2.45) is 0 Å². The molecule has 14 heavy (non-hydrogen) atoms. The van der Waals surface area contributed by atoms with Crippen molar-refractivity contribution in [3.8, 4) is 0 Å². The van der Waals surface area contributed by atoms with Gasteiger partial charge in [-0.1, -0.05) is 17.8 Å². The number of hydrogen-bond donors (Lipinski definition) is 1. The lowest BCUT2D eigenvalue weighted by Crippen LogP contribution is -1.96. The van der Waals surface area contributed by atoms with Crippen LogP contribution >= 0.6 is 11.8 Å². The molecule has 3 heteroatoms. The molecule has 0 spiro atoms. The number of allylic oxidation sites excluding steroid dienone is 1. The highest BCUT2D eigenvalue weighted by Crippen LogP contribution is 2.34. The van der Waals surface area contributed by atoms with Crippen molar-refractivity contribution >= 4 is 16.9 Å². The average Bonchev–Trinajstić information content (AvgIpc) is 2.38. The van der Waals surface area contributed by atoms with Crippen LogP contribution in [0.4, 0.5) is 0 Å². The van der Waals surface area contributed by atoms with Gasteiger partial charge in [-0.25, -0.2) is 0 Å². The van der Waals surface area contributed by atoms with Crippen LogP contribution in [0.25, 0.3) is 0 Å². The molecule has 1 aliphatic rings. The second-order valence-electron chi connectivity index (χ2n) is 3.45. The van der Waals surface area contributed by atoms with E-state index in [4.69, 9.17) is 0 Å². The lowest BCUT2D eigenvalue weighted by atomic mass is 10.1. The summed E-state index contributed by atoms with van der Waals surface area (Å²) in [4.78, 5) is 11.4. The Morgan fingerprint density at radius 3 is 2.79 bits per heavy atom. The number of unbranched alkanes of at least 4 members (excludes halogenated alkanes) is 2. The van der Waals surface area contributed by atoms with Crippen LogP contribution in [0.3, 0.4) is 0 Å². The summed E-state index contributed by atoms with van der Waals surface area (Å²) in [6, 6.07) is 0. The Morgan fingerprint density at radius 2 is 2.29 bits per heavy atom. The number of rotatable bonds is 5. The number of carbonyl (C=O) groups is 1. The van der Waals surface area contributed by atoms with E-state index in [0.717, 1.165) is 19.3 Å². The summed E-state index contributed by atoms with van der Waals surface area (Å²) >= 11 is 1.22. The molecular formula is C11H16O2S. The van der Waals surface area contributed by atoms with Crippen molar-refractivity contribution in [1.82, 2.24) is 0 Å². The SMILES string of the molecule is C=CCCCCC1=C(O)[C@H](C)SC1=O. The summed E-state index contributed by atoms with van der Waals surface area (Å²) in [5, 5.41) is 9.61. The van der Waals surface area contributed by atoms with Crippen LogP contribution in [0.15, 0.2) is 24.0 Å². The number of carbonyl (C=O) groups excluding carboxylic acids is 1. The zero-order valence-corrected chi connectivity index (χ0v) is 9.27. The van der Waals surface area contributed by atoms with Gasteiger partial charge in [0, 0.05) is 5.57 Å². The zero-order valence-electron chi connectivity index (χ0n) is 8.45. The van der Waals surface area contributed by atoms with Gasteiger partial charge in [0.05, 0.1) is 5.25 Å². The molecule has 1 aliphatic heterocycles. The van der Waals surface area contributed by atoms with Crippen LogP contribution in [0.1, 0.15) is 32.6 Å². The lowest BCUT2D eigenvalue weighted by Gasteiger charge is -2.00. The summed E-state index contributed by atoms with van der Waals surface area (Å²) in [5.41, 5.74) is 0.631. The van der Waals surface area contributed by atoms with Gasteiger partial charge in [-0.2, -0.15) is 0 Å². The molecule has 1 heterocycles. The average molecular weight is 212 g/mol. The Balaban J connectivity index is 2.43. The summed E-state index contributed by atoms with van der Waals surface area (Å²) < 4.78 is 0. The van der Waals surface area contributed by atoms with E-state index in [1.165, 1.54) is 11.8 Å². The molecule has 0 aromatic rings. The van der Waals surface area contributed by atoms with Crippen molar-refractivity contribution in [2.45, 2.75) is 37.9 Å². The second kappa shape index (κ2) is 5.25. The molecule has 0 saturated carbocycles. The lowest BCUT2D eigenvalue weighted by molar-refractivity contribution is -0.108. The Labute approximate surface area is 89.1 Å². The minimum Gasteiger partial charge on any atom is -0.511 e. The third kappa shape index (κ3) is 2.64. The maximum absolute atomic E-state index is 11.4. The van der Waals surface area contributed by atoms with Crippen LogP contribution in [0.2, 0.25) is 0 Å². The smallest absolute Gasteiger partial charge is 0.219 e. The zero-order chi connectivity index (χ0) is 10.6. The first-order valence-corrected chi connectivity index (χ1v) is 5.78. The van der Waals surface area contributed by atoms with Gasteiger partial charge in [0.25, 0.3) is 0 Å². The minimum absolute atomic E-state index is 0.0445. The van der Waals surface area contributed by atoms with E-state index >= 15 is 0 Å². The maximum atomic E-state index is 11.4. The quantitative estimate of drug-likeness (QED) is 0.561. The molecule has 0 aromatic carbocycles. The van der Waals surface area contributed by atoms with Gasteiger partial charge in [-0.3, -0.25) is 4.79 Å². The van der Waals surface area contributed by atoms with E-state index in [2.05, 4.69) is 6.58 Å². The third-order valence-electron chi connectivity index (χ3n) is 2.31. The maximum Gasteiger partial charge on any atom is 0.219 e. The molecule has 1 atom stereocenters. The van der Waals surface area contributed by atoms with Gasteiger partial charge >= 0.3 is 0 Å². The van der Waals surface area contributed by atoms with Crippen LogP contribution in [0, 0.1) is 0 Å². The molecule has 0 aromatic heterocycles. The van der Waals surface area contributed by atoms with Crippen molar-refractivity contribution < 1.29 is 9.90 Å². The van der Waals surface area contributed by atoms with E-state index < -0.39 is 0 Å². The van der Waals surface area contributed by atoms with E-state index in [1.54, 1.807) is 0 Å². The molecular weight excluding hydrogens is 196 g/mol. The first-order valence-electron chi connectivity index (χ1n) is 4.90. The number of hydrogen-bond acceptors (Lipinski definition) is 3. The fourth-order valence-electron chi connectivity index (χ4n) is 1.46. The summed E-state index contributed by atoms with van der Waals surface area (Å²) in [6.45, 7) is 5.50. The fourth-order valence-corrected chi connectivity index (χ4v) is 2.38. The Kier molecular flexibility index (Phi) is 4.26. The van der Waals surface area contributed by atoms with Crippen LogP contribution in [-0.2, 0) is 4.79 Å². The number of thioether (sulfide) groups is 1. The van der Waals surface area contributed by atoms with Gasteiger partial charge in [-0.05, 0) is 32.6 Å². The predicted molar refractivity (Wildman–Crippen MR) is 60.4 cm³/mol. The normalized spacial score (nSPS) is 21.8. The molecule has 0 aliphatic carbocycles. The largest absolute Gasteiger partial charge is 0.511 e. The monoisotopic (exact) mass is 212 g/mol. The second-order valence-corrected chi connectivity index (χ2v) is 4.76. The Morgan fingerprint density at radius 1 is 1.57 bits per heavy atom. The van der Waals surface area contributed by atoms with Crippen LogP contribution < -0.4 is 0 Å². The number of aliphatic hydroxyl groups is 1. The van der Waals surface area contributed by atoms with Gasteiger partial charge in [0.15, 0.2) is 0 Å². The molecule has 2 nitrogen and oxygen atoms in total. The summed E-state index contributed by atoms with van der Waals surface area (Å²) in [7, 11) is 0. The topological polar surface area (TPSA) is 37.3 Å². The van der Waals surface area contributed by atoms with Gasteiger partial charge in [0.1, 0.15) is 5.76 Å². The highest BCUT2D eigenvalue weighted by atomic mass is 32.2. The molecule has 0 radical (unpaired) electrons. The fraction of sp³-hybridized carbons (Fsp3) is 0.545. The van der Waals surface area contributed by atoms with Crippen molar-refractivity contribution in [3.05, 3.63) is 24.0 Å². The third-order valence-corrected chi connectivity index (χ3v) is 3.35. The van der Waals surface area contributed by atoms with E-state index in [1.807, 2.05) is 13.0 Å². The van der Waals surface area contributed by atoms with Crippen molar-refractivity contribution in [2.75, 3.05) is 0 Å². The molecule has 0 fully saturated rings. The predicted octanol–water partition coefficient (Wildman–Crippen LogP) is 3.21. The van der Waals surface area contributed by atoms with E-state index in [9.17, 15) is 9.90 Å². The van der Waals surface area contributed by atoms with Crippen LogP contribution in [0.5, 0.6) is 0 Å². The first-order chi connectivity index (χ1) is 6.66. The number of aliphatic hydroxyl groups excluding tert-OH is 1. The molecule has 0 bridgehead atoms. The highest BCUT2D eigenvalue weighted by Gasteiger charge is 2.29. The molecule has 1 N–H and O–H groups in total. The minimum atomic E-state index is -0.0445.